The fraction of sp³-hybridized carbons (Fsp3) is 0.350. The van der Waals surface area contributed by atoms with Crippen molar-refractivity contribution in [1.29, 1.82) is 0 Å². The van der Waals surface area contributed by atoms with Crippen LogP contribution >= 0.6 is 11.3 Å². The SMILES string of the molecule is CCNC(=NCc1ccc(C(=O)NCC(N)=O)cc1)NCC(C)c1cccs1. The maximum Gasteiger partial charge on any atom is 0.251 e. The second kappa shape index (κ2) is 11.1. The Balaban J connectivity index is 1.90. The number of aliphatic imine (C=N–C) groups is 1. The van der Waals surface area contributed by atoms with Gasteiger partial charge in [-0.3, -0.25) is 9.59 Å². The molecule has 2 amide bonds. The lowest BCUT2D eigenvalue weighted by atomic mass is 10.1. The van der Waals surface area contributed by atoms with Gasteiger partial charge in [-0.1, -0.05) is 25.1 Å². The molecule has 0 fully saturated rings. The van der Waals surface area contributed by atoms with E-state index in [1.807, 2.05) is 19.1 Å². The number of primary amides is 1. The number of rotatable bonds is 9. The molecule has 5 N–H and O–H groups in total. The van der Waals surface area contributed by atoms with Gasteiger partial charge in [0.1, 0.15) is 0 Å². The molecule has 1 unspecified atom stereocenters. The molecule has 1 aromatic heterocycles. The summed E-state index contributed by atoms with van der Waals surface area (Å²) in [6.45, 7) is 6.10. The lowest BCUT2D eigenvalue weighted by molar-refractivity contribution is -0.117. The van der Waals surface area contributed by atoms with Gasteiger partial charge in [-0.25, -0.2) is 4.99 Å². The maximum absolute atomic E-state index is 11.9. The first kappa shape index (κ1) is 21.4. The number of thiophene rings is 1. The highest BCUT2D eigenvalue weighted by molar-refractivity contribution is 7.10. The van der Waals surface area contributed by atoms with E-state index in [-0.39, 0.29) is 12.5 Å². The average Bonchev–Trinajstić information content (AvgIpc) is 3.23. The molecule has 8 heteroatoms. The van der Waals surface area contributed by atoms with Crippen molar-refractivity contribution >= 4 is 29.1 Å². The van der Waals surface area contributed by atoms with E-state index in [0.29, 0.717) is 18.0 Å². The number of nitrogens with two attached hydrogens (primary N) is 1. The van der Waals surface area contributed by atoms with Gasteiger partial charge in [0.25, 0.3) is 5.91 Å². The predicted molar refractivity (Wildman–Crippen MR) is 114 cm³/mol. The molecule has 0 aliphatic rings. The summed E-state index contributed by atoms with van der Waals surface area (Å²) in [6.07, 6.45) is 0. The minimum atomic E-state index is -0.573. The van der Waals surface area contributed by atoms with E-state index in [1.54, 1.807) is 23.5 Å². The third-order valence-electron chi connectivity index (χ3n) is 4.01. The van der Waals surface area contributed by atoms with Crippen LogP contribution in [0.1, 0.15) is 40.6 Å². The topological polar surface area (TPSA) is 109 Å². The van der Waals surface area contributed by atoms with Crippen LogP contribution in [-0.4, -0.2) is 37.4 Å². The molecule has 1 heterocycles. The summed E-state index contributed by atoms with van der Waals surface area (Å²) in [5, 5.41) is 11.2. The Kier molecular flexibility index (Phi) is 8.48. The second-order valence-electron chi connectivity index (χ2n) is 6.34. The summed E-state index contributed by atoms with van der Waals surface area (Å²) in [6, 6.07) is 11.3. The first-order chi connectivity index (χ1) is 13.5. The maximum atomic E-state index is 11.9. The molecule has 0 spiro atoms. The van der Waals surface area contributed by atoms with Crippen LogP contribution < -0.4 is 21.7 Å². The van der Waals surface area contributed by atoms with Crippen molar-refractivity contribution in [2.24, 2.45) is 10.7 Å². The Morgan fingerprint density at radius 3 is 2.50 bits per heavy atom. The van der Waals surface area contributed by atoms with Crippen molar-refractivity contribution in [1.82, 2.24) is 16.0 Å². The summed E-state index contributed by atoms with van der Waals surface area (Å²) < 4.78 is 0. The highest BCUT2D eigenvalue weighted by Crippen LogP contribution is 2.19. The zero-order chi connectivity index (χ0) is 20.4. The molecule has 150 valence electrons. The number of nitrogens with one attached hydrogen (secondary N) is 3. The molecule has 2 aromatic rings. The van der Waals surface area contributed by atoms with Crippen LogP contribution in [0.5, 0.6) is 0 Å². The number of hydrogen-bond acceptors (Lipinski definition) is 4. The predicted octanol–water partition coefficient (Wildman–Crippen LogP) is 1.82. The Bertz CT molecular complexity index is 787. The largest absolute Gasteiger partial charge is 0.368 e. The summed E-state index contributed by atoms with van der Waals surface area (Å²) in [5.41, 5.74) is 6.48. The summed E-state index contributed by atoms with van der Waals surface area (Å²) >= 11 is 1.76. The Labute approximate surface area is 169 Å². The molecular weight excluding hydrogens is 374 g/mol. The van der Waals surface area contributed by atoms with E-state index >= 15 is 0 Å². The Hall–Kier alpha value is -2.87. The third-order valence-corrected chi connectivity index (χ3v) is 5.11. The monoisotopic (exact) mass is 401 g/mol. The fourth-order valence-corrected chi connectivity index (χ4v) is 3.25. The highest BCUT2D eigenvalue weighted by Gasteiger charge is 2.08. The summed E-state index contributed by atoms with van der Waals surface area (Å²) in [4.78, 5) is 28.6. The molecule has 1 aromatic carbocycles. The van der Waals surface area contributed by atoms with Gasteiger partial charge in [0.05, 0.1) is 13.1 Å². The molecule has 0 saturated heterocycles. The van der Waals surface area contributed by atoms with Gasteiger partial charge in [-0.15, -0.1) is 11.3 Å². The quantitative estimate of drug-likeness (QED) is 0.380. The number of carbonyl (C=O) groups is 2. The average molecular weight is 402 g/mol. The highest BCUT2D eigenvalue weighted by atomic mass is 32.1. The molecule has 0 saturated carbocycles. The first-order valence-corrected chi connectivity index (χ1v) is 10.1. The normalized spacial score (nSPS) is 12.3. The van der Waals surface area contributed by atoms with E-state index in [0.717, 1.165) is 24.6 Å². The molecule has 0 aliphatic heterocycles. The van der Waals surface area contributed by atoms with Crippen LogP contribution in [0, 0.1) is 0 Å². The van der Waals surface area contributed by atoms with E-state index in [4.69, 9.17) is 5.73 Å². The van der Waals surface area contributed by atoms with Crippen molar-refractivity contribution in [3.8, 4) is 0 Å². The zero-order valence-corrected chi connectivity index (χ0v) is 17.0. The number of carbonyl (C=O) groups excluding carboxylic acids is 2. The number of amides is 2. The van der Waals surface area contributed by atoms with Crippen LogP contribution in [0.3, 0.4) is 0 Å². The summed E-state index contributed by atoms with van der Waals surface area (Å²) in [5.74, 6) is 0.263. The van der Waals surface area contributed by atoms with Gasteiger partial charge in [0.15, 0.2) is 5.96 Å². The van der Waals surface area contributed by atoms with E-state index < -0.39 is 5.91 Å². The van der Waals surface area contributed by atoms with Crippen LogP contribution in [0.4, 0.5) is 0 Å². The van der Waals surface area contributed by atoms with Crippen LogP contribution in [0.25, 0.3) is 0 Å². The van der Waals surface area contributed by atoms with Gasteiger partial charge >= 0.3 is 0 Å². The van der Waals surface area contributed by atoms with E-state index in [1.165, 1.54) is 4.88 Å². The van der Waals surface area contributed by atoms with Gasteiger partial charge in [-0.2, -0.15) is 0 Å². The van der Waals surface area contributed by atoms with Crippen molar-refractivity contribution in [2.45, 2.75) is 26.3 Å². The summed E-state index contributed by atoms with van der Waals surface area (Å²) in [7, 11) is 0. The fourth-order valence-electron chi connectivity index (χ4n) is 2.47. The molecule has 7 nitrogen and oxygen atoms in total. The van der Waals surface area contributed by atoms with Crippen molar-refractivity contribution in [3.63, 3.8) is 0 Å². The number of benzene rings is 1. The lowest BCUT2D eigenvalue weighted by Gasteiger charge is -2.15. The van der Waals surface area contributed by atoms with Gasteiger partial charge < -0.3 is 21.7 Å². The van der Waals surface area contributed by atoms with E-state index in [2.05, 4.69) is 45.4 Å². The molecule has 0 bridgehead atoms. The van der Waals surface area contributed by atoms with Gasteiger partial charge in [0, 0.05) is 29.4 Å². The Morgan fingerprint density at radius 2 is 1.89 bits per heavy atom. The van der Waals surface area contributed by atoms with Gasteiger partial charge in [0.2, 0.25) is 5.91 Å². The smallest absolute Gasteiger partial charge is 0.251 e. The Morgan fingerprint density at radius 1 is 1.14 bits per heavy atom. The zero-order valence-electron chi connectivity index (χ0n) is 16.2. The molecule has 0 aliphatic carbocycles. The number of nitrogens with zero attached hydrogens (tertiary/aromatic N) is 1. The molecule has 0 radical (unpaired) electrons. The molecule has 1 atom stereocenters. The lowest BCUT2D eigenvalue weighted by Crippen LogP contribution is -2.39. The number of hydrogen-bond donors (Lipinski definition) is 4. The minimum Gasteiger partial charge on any atom is -0.368 e. The van der Waals surface area contributed by atoms with Crippen LogP contribution in [0.2, 0.25) is 0 Å². The third kappa shape index (κ3) is 7.03. The van der Waals surface area contributed by atoms with Crippen molar-refractivity contribution in [3.05, 3.63) is 57.8 Å². The molecular formula is C20H27N5O2S. The first-order valence-electron chi connectivity index (χ1n) is 9.20. The second-order valence-corrected chi connectivity index (χ2v) is 7.32. The van der Waals surface area contributed by atoms with E-state index in [9.17, 15) is 9.59 Å². The van der Waals surface area contributed by atoms with Crippen molar-refractivity contribution < 1.29 is 9.59 Å². The van der Waals surface area contributed by atoms with Crippen LogP contribution in [0.15, 0.2) is 46.8 Å². The minimum absolute atomic E-state index is 0.174. The standard InChI is InChI=1S/C20H27N5O2S/c1-3-22-20(24-11-14(2)17-5-4-10-28-17)25-12-15-6-8-16(9-7-15)19(27)23-13-18(21)26/h4-10,14H,3,11-13H2,1-2H3,(H2,21,26)(H,23,27)(H2,22,24,25). The molecule has 28 heavy (non-hydrogen) atoms. The van der Waals surface area contributed by atoms with Crippen LogP contribution in [-0.2, 0) is 11.3 Å². The number of guanidine groups is 1. The van der Waals surface area contributed by atoms with Crippen molar-refractivity contribution in [2.75, 3.05) is 19.6 Å². The van der Waals surface area contributed by atoms with Gasteiger partial charge in [-0.05, 0) is 36.1 Å². The molecule has 2 rings (SSSR count).